The summed E-state index contributed by atoms with van der Waals surface area (Å²) in [6, 6.07) is 13.6. The Morgan fingerprint density at radius 2 is 1.86 bits per heavy atom. The molecule has 0 bridgehead atoms. The first-order chi connectivity index (χ1) is 14.0. The van der Waals surface area contributed by atoms with Gasteiger partial charge in [0.2, 0.25) is 11.1 Å². The summed E-state index contributed by atoms with van der Waals surface area (Å²) in [5.74, 6) is 1.88. The van der Waals surface area contributed by atoms with Crippen molar-refractivity contribution in [2.75, 3.05) is 14.2 Å². The molecule has 1 heterocycles. The van der Waals surface area contributed by atoms with Gasteiger partial charge in [0.25, 0.3) is 0 Å². The number of methoxy groups -OCH3 is 2. The first-order valence-corrected chi connectivity index (χ1v) is 10.0. The van der Waals surface area contributed by atoms with Crippen molar-refractivity contribution in [2.45, 2.75) is 30.8 Å². The van der Waals surface area contributed by atoms with Gasteiger partial charge in [-0.25, -0.2) is 4.98 Å². The summed E-state index contributed by atoms with van der Waals surface area (Å²) in [6.07, 6.45) is 0. The smallest absolute Gasteiger partial charge is 0.233 e. The number of H-pyrrole nitrogens is 1. The average molecular weight is 413 g/mol. The Morgan fingerprint density at radius 1 is 1.14 bits per heavy atom. The molecule has 152 valence electrons. The lowest BCUT2D eigenvalue weighted by molar-refractivity contribution is -0.120. The highest BCUT2D eigenvalue weighted by Gasteiger charge is 2.17. The number of amides is 1. The summed E-state index contributed by atoms with van der Waals surface area (Å²) < 4.78 is 10.5. The summed E-state index contributed by atoms with van der Waals surface area (Å²) in [7, 11) is 3.17. The molecule has 1 atom stereocenters. The number of nitrogens with one attached hydrogen (secondary N) is 2. The third kappa shape index (κ3) is 5.29. The van der Waals surface area contributed by atoms with Crippen LogP contribution in [0.5, 0.6) is 11.5 Å². The SMILES string of the molecule is COc1ccc(CNC(=O)[C@H](C)Sc2n[nH]c(-c3ccc(C)cc3)n2)cc1OC. The van der Waals surface area contributed by atoms with Crippen molar-refractivity contribution in [2.24, 2.45) is 0 Å². The van der Waals surface area contributed by atoms with Gasteiger partial charge in [0.05, 0.1) is 19.5 Å². The van der Waals surface area contributed by atoms with Crippen molar-refractivity contribution < 1.29 is 14.3 Å². The maximum Gasteiger partial charge on any atom is 0.233 e. The highest BCUT2D eigenvalue weighted by Crippen LogP contribution is 2.27. The summed E-state index contributed by atoms with van der Waals surface area (Å²) in [5.41, 5.74) is 3.07. The monoisotopic (exact) mass is 412 g/mol. The molecule has 0 aliphatic rings. The van der Waals surface area contributed by atoms with Crippen molar-refractivity contribution in [1.82, 2.24) is 20.5 Å². The van der Waals surface area contributed by atoms with Crippen molar-refractivity contribution in [3.05, 3.63) is 53.6 Å². The number of thioether (sulfide) groups is 1. The summed E-state index contributed by atoms with van der Waals surface area (Å²) in [4.78, 5) is 16.9. The molecule has 7 nitrogen and oxygen atoms in total. The average Bonchev–Trinajstić information content (AvgIpc) is 3.20. The van der Waals surface area contributed by atoms with Crippen LogP contribution in [0.15, 0.2) is 47.6 Å². The number of benzene rings is 2. The minimum atomic E-state index is -0.336. The normalized spacial score (nSPS) is 11.7. The number of carbonyl (C=O) groups is 1. The van der Waals surface area contributed by atoms with E-state index < -0.39 is 0 Å². The highest BCUT2D eigenvalue weighted by molar-refractivity contribution is 8.00. The maximum atomic E-state index is 12.5. The lowest BCUT2D eigenvalue weighted by Gasteiger charge is -2.12. The molecular formula is C21H24N4O3S. The Labute approximate surface area is 174 Å². The lowest BCUT2D eigenvalue weighted by Crippen LogP contribution is -2.30. The standard InChI is InChI=1S/C21H24N4O3S/c1-13-5-8-16(9-6-13)19-23-21(25-24-19)29-14(2)20(26)22-12-15-7-10-17(27-3)18(11-15)28-4/h5-11,14H,12H2,1-4H3,(H,22,26)(H,23,24,25)/t14-/m0/s1. The van der Waals surface area contributed by atoms with Crippen LogP contribution in [0.2, 0.25) is 0 Å². The van der Waals surface area contributed by atoms with Crippen molar-refractivity contribution in [1.29, 1.82) is 0 Å². The third-order valence-corrected chi connectivity index (χ3v) is 5.32. The van der Waals surface area contributed by atoms with E-state index in [0.29, 0.717) is 29.0 Å². The molecular weight excluding hydrogens is 388 g/mol. The number of aromatic nitrogens is 3. The van der Waals surface area contributed by atoms with Crippen LogP contribution in [-0.4, -0.2) is 40.6 Å². The van der Waals surface area contributed by atoms with Gasteiger partial charge in [-0.05, 0) is 31.5 Å². The minimum Gasteiger partial charge on any atom is -0.493 e. The van der Waals surface area contributed by atoms with Crippen LogP contribution < -0.4 is 14.8 Å². The van der Waals surface area contributed by atoms with Crippen LogP contribution in [0.3, 0.4) is 0 Å². The number of nitrogens with zero attached hydrogens (tertiary/aromatic N) is 2. The van der Waals surface area contributed by atoms with Gasteiger partial charge in [-0.15, -0.1) is 5.10 Å². The molecule has 1 aromatic heterocycles. The second kappa shape index (κ2) is 9.47. The predicted molar refractivity (Wildman–Crippen MR) is 113 cm³/mol. The van der Waals surface area contributed by atoms with E-state index in [9.17, 15) is 4.79 Å². The number of hydrogen-bond acceptors (Lipinski definition) is 6. The van der Waals surface area contributed by atoms with Gasteiger partial charge in [-0.3, -0.25) is 9.89 Å². The van der Waals surface area contributed by atoms with E-state index in [-0.39, 0.29) is 11.2 Å². The first kappa shape index (κ1) is 20.7. The topological polar surface area (TPSA) is 89.1 Å². The number of ether oxygens (including phenoxy) is 2. The molecule has 3 aromatic rings. The summed E-state index contributed by atoms with van der Waals surface area (Å²) in [5, 5.41) is 10.3. The van der Waals surface area contributed by atoms with Gasteiger partial charge >= 0.3 is 0 Å². The largest absolute Gasteiger partial charge is 0.493 e. The molecule has 2 N–H and O–H groups in total. The van der Waals surface area contributed by atoms with Crippen LogP contribution in [-0.2, 0) is 11.3 Å². The van der Waals surface area contributed by atoms with Crippen molar-refractivity contribution in [3.8, 4) is 22.9 Å². The molecule has 0 saturated heterocycles. The molecule has 2 aromatic carbocycles. The van der Waals surface area contributed by atoms with Gasteiger partial charge in [0.15, 0.2) is 17.3 Å². The van der Waals surface area contributed by atoms with E-state index >= 15 is 0 Å². The van der Waals surface area contributed by atoms with E-state index in [0.717, 1.165) is 11.1 Å². The highest BCUT2D eigenvalue weighted by atomic mass is 32.2. The molecule has 8 heteroatoms. The van der Waals surface area contributed by atoms with Crippen LogP contribution in [0.1, 0.15) is 18.1 Å². The fraction of sp³-hybridized carbons (Fsp3) is 0.286. The first-order valence-electron chi connectivity index (χ1n) is 9.15. The van der Waals surface area contributed by atoms with E-state index in [1.807, 2.05) is 56.3 Å². The molecule has 0 aliphatic carbocycles. The van der Waals surface area contributed by atoms with E-state index in [4.69, 9.17) is 9.47 Å². The minimum absolute atomic E-state index is 0.0912. The van der Waals surface area contributed by atoms with Crippen molar-refractivity contribution >= 4 is 17.7 Å². The molecule has 29 heavy (non-hydrogen) atoms. The van der Waals surface area contributed by atoms with Gasteiger partial charge in [0.1, 0.15) is 0 Å². The zero-order valence-corrected chi connectivity index (χ0v) is 17.7. The van der Waals surface area contributed by atoms with Crippen LogP contribution in [0, 0.1) is 6.92 Å². The number of rotatable bonds is 8. The molecule has 1 amide bonds. The Balaban J connectivity index is 1.56. The number of carbonyl (C=O) groups excluding carboxylic acids is 1. The van der Waals surface area contributed by atoms with E-state index in [2.05, 4.69) is 20.5 Å². The predicted octanol–water partition coefficient (Wildman–Crippen LogP) is 3.59. The molecule has 0 saturated carbocycles. The Bertz CT molecular complexity index is 972. The molecule has 0 fully saturated rings. The summed E-state index contributed by atoms with van der Waals surface area (Å²) in [6.45, 7) is 4.26. The Kier molecular flexibility index (Phi) is 6.77. The fourth-order valence-electron chi connectivity index (χ4n) is 2.67. The number of hydrogen-bond donors (Lipinski definition) is 2. The Hall–Kier alpha value is -3.00. The van der Waals surface area contributed by atoms with Gasteiger partial charge in [-0.1, -0.05) is 47.7 Å². The van der Waals surface area contributed by atoms with E-state index in [1.54, 1.807) is 14.2 Å². The Morgan fingerprint density at radius 3 is 2.55 bits per heavy atom. The molecule has 3 rings (SSSR count). The van der Waals surface area contributed by atoms with Gasteiger partial charge < -0.3 is 14.8 Å². The second-order valence-electron chi connectivity index (χ2n) is 6.50. The lowest BCUT2D eigenvalue weighted by atomic mass is 10.1. The second-order valence-corrected chi connectivity index (χ2v) is 7.81. The van der Waals surface area contributed by atoms with E-state index in [1.165, 1.54) is 17.3 Å². The molecule has 0 spiro atoms. The molecule has 0 radical (unpaired) electrons. The summed E-state index contributed by atoms with van der Waals surface area (Å²) >= 11 is 1.31. The third-order valence-electron chi connectivity index (χ3n) is 4.36. The zero-order valence-electron chi connectivity index (χ0n) is 16.9. The van der Waals surface area contributed by atoms with Crippen molar-refractivity contribution in [3.63, 3.8) is 0 Å². The maximum absolute atomic E-state index is 12.5. The van der Waals surface area contributed by atoms with Gasteiger partial charge in [-0.2, -0.15) is 0 Å². The molecule has 0 aliphatic heterocycles. The van der Waals surface area contributed by atoms with Gasteiger partial charge in [0, 0.05) is 12.1 Å². The molecule has 0 unspecified atom stereocenters. The zero-order chi connectivity index (χ0) is 20.8. The van der Waals surface area contributed by atoms with Crippen LogP contribution in [0.25, 0.3) is 11.4 Å². The fourth-order valence-corrected chi connectivity index (χ4v) is 3.42. The van der Waals surface area contributed by atoms with Crippen LogP contribution >= 0.6 is 11.8 Å². The van der Waals surface area contributed by atoms with Crippen LogP contribution in [0.4, 0.5) is 0 Å². The quantitative estimate of drug-likeness (QED) is 0.550. The number of aryl methyl sites for hydroxylation is 1. The number of aromatic amines is 1.